The van der Waals surface area contributed by atoms with E-state index in [-0.39, 0.29) is 0 Å². The summed E-state index contributed by atoms with van der Waals surface area (Å²) in [4.78, 5) is 19.4. The topological polar surface area (TPSA) is 76.1 Å². The number of aryl methyl sites for hydroxylation is 2. The number of amides is 1. The number of carbonyl (C=O) groups excluding carboxylic acids is 1. The van der Waals surface area contributed by atoms with Crippen LogP contribution in [0.2, 0.25) is 5.15 Å². The number of ether oxygens (including phenoxy) is 1. The summed E-state index contributed by atoms with van der Waals surface area (Å²) >= 11 is 5.53. The summed E-state index contributed by atoms with van der Waals surface area (Å²) in [5, 5.41) is 0.560. The first-order valence-corrected chi connectivity index (χ1v) is 7.81. The van der Waals surface area contributed by atoms with E-state index in [1.165, 1.54) is 0 Å². The van der Waals surface area contributed by atoms with Crippen molar-refractivity contribution in [1.82, 2.24) is 15.4 Å². The Morgan fingerprint density at radius 3 is 2.08 bits per heavy atom. The van der Waals surface area contributed by atoms with Crippen LogP contribution < -0.4 is 10.9 Å². The number of nitrogens with zero attached hydrogens (tertiary/aromatic N) is 2. The zero-order chi connectivity index (χ0) is 18.2. The molecule has 2 aromatic rings. The maximum Gasteiger partial charge on any atom is 0.426 e. The first-order valence-electron chi connectivity index (χ1n) is 7.43. The molecule has 2 rings (SSSR count). The number of halogens is 1. The van der Waals surface area contributed by atoms with E-state index in [0.29, 0.717) is 11.0 Å². The zero-order valence-electron chi connectivity index (χ0n) is 14.6. The summed E-state index contributed by atoms with van der Waals surface area (Å²) in [5.74, 6) is 0.575. The molecule has 0 aliphatic rings. The Hall–Kier alpha value is -2.34. The molecule has 0 spiro atoms. The molecule has 0 aliphatic heterocycles. The van der Waals surface area contributed by atoms with Crippen LogP contribution in [0.15, 0.2) is 36.4 Å². The first kappa shape index (κ1) is 19.7. The van der Waals surface area contributed by atoms with Gasteiger partial charge in [-0.15, -0.1) is 0 Å². The Labute approximate surface area is 147 Å². The van der Waals surface area contributed by atoms with E-state index in [4.69, 9.17) is 16.3 Å². The van der Waals surface area contributed by atoms with Crippen LogP contribution in [0.1, 0.15) is 32.2 Å². The molecule has 0 unspecified atom stereocenters. The number of rotatable bonds is 2. The number of hydrogen-bond donors (Lipinski definition) is 2. The van der Waals surface area contributed by atoms with Gasteiger partial charge in [-0.2, -0.15) is 0 Å². The molecule has 0 saturated carbocycles. The van der Waals surface area contributed by atoms with Gasteiger partial charge in [0.1, 0.15) is 16.6 Å². The molecule has 24 heavy (non-hydrogen) atoms. The summed E-state index contributed by atoms with van der Waals surface area (Å²) < 4.78 is 5.05. The van der Waals surface area contributed by atoms with Gasteiger partial charge < -0.3 is 4.74 Å². The lowest BCUT2D eigenvalue weighted by atomic mass is 10.2. The molecule has 2 N–H and O–H groups in total. The molecule has 0 aliphatic carbocycles. The average molecular weight is 351 g/mol. The number of hydrogen-bond acceptors (Lipinski definition) is 5. The van der Waals surface area contributed by atoms with Crippen molar-refractivity contribution < 1.29 is 9.53 Å². The number of pyridine rings is 2. The van der Waals surface area contributed by atoms with Gasteiger partial charge in [0.15, 0.2) is 0 Å². The maximum absolute atomic E-state index is 11.3. The molecule has 2 aromatic heterocycles. The molecule has 0 radical (unpaired) electrons. The molecule has 7 heteroatoms. The maximum atomic E-state index is 11.3. The van der Waals surface area contributed by atoms with Crippen LogP contribution in [0.5, 0.6) is 0 Å². The van der Waals surface area contributed by atoms with Crippen LogP contribution in [0.25, 0.3) is 0 Å². The highest BCUT2D eigenvalue weighted by Gasteiger charge is 2.15. The van der Waals surface area contributed by atoms with Crippen molar-refractivity contribution in [2.24, 2.45) is 0 Å². The summed E-state index contributed by atoms with van der Waals surface area (Å²) in [6, 6.07) is 11.0. The fourth-order valence-electron chi connectivity index (χ4n) is 1.54. The molecule has 0 atom stereocenters. The highest BCUT2D eigenvalue weighted by molar-refractivity contribution is 6.29. The third-order valence-corrected chi connectivity index (χ3v) is 2.64. The molecule has 6 nitrogen and oxygen atoms in total. The lowest BCUT2D eigenvalue weighted by molar-refractivity contribution is 0.0541. The Bertz CT molecular complexity index is 654. The number of hydrazine groups is 1. The third kappa shape index (κ3) is 8.95. The van der Waals surface area contributed by atoms with E-state index in [2.05, 4.69) is 20.8 Å². The lowest BCUT2D eigenvalue weighted by Crippen LogP contribution is -2.36. The van der Waals surface area contributed by atoms with Crippen LogP contribution in [0, 0.1) is 13.8 Å². The Morgan fingerprint density at radius 2 is 1.62 bits per heavy atom. The Kier molecular flexibility index (Phi) is 7.45. The summed E-state index contributed by atoms with van der Waals surface area (Å²) in [6.45, 7) is 9.19. The van der Waals surface area contributed by atoms with Crippen molar-refractivity contribution in [2.75, 3.05) is 5.43 Å². The second kappa shape index (κ2) is 9.08. The smallest absolute Gasteiger partial charge is 0.426 e. The predicted molar refractivity (Wildman–Crippen MR) is 96.0 cm³/mol. The molecule has 130 valence electrons. The van der Waals surface area contributed by atoms with Crippen LogP contribution in [-0.4, -0.2) is 21.7 Å². The number of carbonyl (C=O) groups is 1. The fraction of sp³-hybridized carbons (Fsp3) is 0.353. The normalized spacial score (nSPS) is 10.2. The predicted octanol–water partition coefficient (Wildman–Crippen LogP) is 4.29. The van der Waals surface area contributed by atoms with Gasteiger partial charge >= 0.3 is 6.09 Å². The molecular weight excluding hydrogens is 328 g/mol. The van der Waals surface area contributed by atoms with Crippen molar-refractivity contribution in [2.45, 2.75) is 40.2 Å². The molecule has 2 heterocycles. The number of nitrogens with one attached hydrogen (secondary N) is 2. The zero-order valence-corrected chi connectivity index (χ0v) is 15.3. The van der Waals surface area contributed by atoms with Gasteiger partial charge in [0, 0.05) is 11.4 Å². The Balaban J connectivity index is 0.000000300. The van der Waals surface area contributed by atoms with E-state index < -0.39 is 11.7 Å². The monoisotopic (exact) mass is 350 g/mol. The lowest BCUT2D eigenvalue weighted by Gasteiger charge is -2.19. The second-order valence-corrected chi connectivity index (χ2v) is 6.41. The van der Waals surface area contributed by atoms with Gasteiger partial charge in [0.2, 0.25) is 0 Å². The van der Waals surface area contributed by atoms with Crippen molar-refractivity contribution in [1.29, 1.82) is 0 Å². The van der Waals surface area contributed by atoms with Crippen molar-refractivity contribution >= 4 is 23.5 Å². The van der Waals surface area contributed by atoms with Crippen molar-refractivity contribution in [3.63, 3.8) is 0 Å². The highest BCUT2D eigenvalue weighted by atomic mass is 35.5. The van der Waals surface area contributed by atoms with Gasteiger partial charge in [-0.25, -0.2) is 20.2 Å². The minimum atomic E-state index is -0.532. The van der Waals surface area contributed by atoms with Gasteiger partial charge in [-0.05, 0) is 58.9 Å². The van der Waals surface area contributed by atoms with E-state index in [1.807, 2.05) is 38.1 Å². The quantitative estimate of drug-likeness (QED) is 0.624. The average Bonchev–Trinajstić information content (AvgIpc) is 2.44. The largest absolute Gasteiger partial charge is 0.443 e. The third-order valence-electron chi connectivity index (χ3n) is 2.43. The molecule has 0 aromatic carbocycles. The molecule has 0 fully saturated rings. The number of anilines is 1. The number of aromatic nitrogens is 2. The minimum Gasteiger partial charge on any atom is -0.443 e. The van der Waals surface area contributed by atoms with Gasteiger partial charge in [-0.3, -0.25) is 5.43 Å². The highest BCUT2D eigenvalue weighted by Crippen LogP contribution is 2.07. The summed E-state index contributed by atoms with van der Waals surface area (Å²) in [7, 11) is 0. The van der Waals surface area contributed by atoms with E-state index in [0.717, 1.165) is 11.4 Å². The van der Waals surface area contributed by atoms with Crippen LogP contribution in [0.4, 0.5) is 10.6 Å². The van der Waals surface area contributed by atoms with Gasteiger partial charge in [0.05, 0.1) is 0 Å². The molecule has 1 amide bonds. The van der Waals surface area contributed by atoms with E-state index in [1.54, 1.807) is 32.9 Å². The van der Waals surface area contributed by atoms with E-state index in [9.17, 15) is 4.79 Å². The van der Waals surface area contributed by atoms with Crippen LogP contribution in [0.3, 0.4) is 0 Å². The summed E-state index contributed by atoms with van der Waals surface area (Å²) in [6.07, 6.45) is -0.532. The Morgan fingerprint density at radius 1 is 1.04 bits per heavy atom. The molecular formula is C17H23ClN4O2. The second-order valence-electron chi connectivity index (χ2n) is 6.02. The standard InChI is InChI=1S/C11H17N3O2.C6H6ClN/c1-8-6-5-7-9(12-8)13-14-10(15)16-11(2,3)4;1-5-3-2-4-6(7)8-5/h5-7H,1-4H3,(H,12,13)(H,14,15);2-4H,1H3. The van der Waals surface area contributed by atoms with Crippen molar-refractivity contribution in [3.8, 4) is 0 Å². The van der Waals surface area contributed by atoms with Gasteiger partial charge in [0.25, 0.3) is 0 Å². The van der Waals surface area contributed by atoms with Crippen molar-refractivity contribution in [3.05, 3.63) is 52.9 Å². The fourth-order valence-corrected chi connectivity index (χ4v) is 1.75. The van der Waals surface area contributed by atoms with Crippen LogP contribution >= 0.6 is 11.6 Å². The summed E-state index contributed by atoms with van der Waals surface area (Å²) in [5.41, 5.74) is 6.40. The van der Waals surface area contributed by atoms with E-state index >= 15 is 0 Å². The molecule has 0 bridgehead atoms. The SMILES string of the molecule is Cc1cccc(Cl)n1.Cc1cccc(NNC(=O)OC(C)(C)C)n1. The molecule has 0 saturated heterocycles. The first-order chi connectivity index (χ1) is 11.2. The van der Waals surface area contributed by atoms with Crippen LogP contribution in [-0.2, 0) is 4.74 Å². The van der Waals surface area contributed by atoms with Gasteiger partial charge in [-0.1, -0.05) is 23.7 Å². The minimum absolute atomic E-state index is 0.508.